The Hall–Kier alpha value is -1.00. The van der Waals surface area contributed by atoms with E-state index in [2.05, 4.69) is 119 Å². The Kier molecular flexibility index (Phi) is 13.5. The first kappa shape index (κ1) is 50.5. The zero-order chi connectivity index (χ0) is 48.5. The molecule has 386 valence electrons. The summed E-state index contributed by atoms with van der Waals surface area (Å²) in [5.41, 5.74) is 8.47. The fourth-order valence-corrected chi connectivity index (χ4v) is 20.2. The molecule has 68 heavy (non-hydrogen) atoms. The van der Waals surface area contributed by atoms with Crippen LogP contribution in [0.5, 0.6) is 0 Å². The van der Waals surface area contributed by atoms with Crippen LogP contribution in [0.2, 0.25) is 0 Å². The molecule has 4 aliphatic heterocycles. The van der Waals surface area contributed by atoms with E-state index < -0.39 is 5.85 Å². The van der Waals surface area contributed by atoms with Gasteiger partial charge in [-0.25, -0.2) is 0 Å². The van der Waals surface area contributed by atoms with E-state index in [9.17, 15) is 0 Å². The van der Waals surface area contributed by atoms with Gasteiger partial charge in [-0.2, -0.15) is 0 Å². The molecule has 2 bridgehead atoms. The summed E-state index contributed by atoms with van der Waals surface area (Å²) >= 11 is 0. The molecule has 0 aromatic carbocycles. The molecule has 14 unspecified atom stereocenters. The Morgan fingerprint density at radius 3 is 2.06 bits per heavy atom. The zero-order valence-corrected chi connectivity index (χ0v) is 47.5. The topological polar surface area (TPSA) is 19.0 Å². The van der Waals surface area contributed by atoms with E-state index in [0.29, 0.717) is 41.9 Å². The van der Waals surface area contributed by atoms with Crippen LogP contribution < -0.4 is 0 Å². The highest BCUT2D eigenvalue weighted by Gasteiger charge is 2.73. The summed E-state index contributed by atoms with van der Waals surface area (Å²) in [4.78, 5) is 9.97. The van der Waals surface area contributed by atoms with Crippen molar-refractivity contribution in [1.29, 1.82) is 0 Å². The van der Waals surface area contributed by atoms with Gasteiger partial charge in [-0.05, 0) is 188 Å². The minimum Gasteiger partial charge on any atom is -0.346 e. The van der Waals surface area contributed by atoms with Crippen molar-refractivity contribution >= 4 is 0 Å². The van der Waals surface area contributed by atoms with Gasteiger partial charge in [0.15, 0.2) is 0 Å². The van der Waals surface area contributed by atoms with Gasteiger partial charge in [0.1, 0.15) is 6.17 Å². The van der Waals surface area contributed by atoms with Gasteiger partial charge in [0.2, 0.25) is 5.85 Å². The van der Waals surface area contributed by atoms with E-state index in [1.807, 2.05) is 22.5 Å². The van der Waals surface area contributed by atoms with Crippen molar-refractivity contribution in [2.75, 3.05) is 6.54 Å². The number of ether oxygens (including phenoxy) is 1. The lowest BCUT2D eigenvalue weighted by Gasteiger charge is -2.70. The molecule has 0 N–H and O–H groups in total. The fourth-order valence-electron chi connectivity index (χ4n) is 20.2. The molecule has 4 heteroatoms. The molecule has 10 aliphatic rings. The second kappa shape index (κ2) is 18.1. The van der Waals surface area contributed by atoms with Gasteiger partial charge < -0.3 is 14.5 Å². The highest BCUT2D eigenvalue weighted by atomic mass is 16.6. The van der Waals surface area contributed by atoms with Gasteiger partial charge in [-0.1, -0.05) is 155 Å². The van der Waals surface area contributed by atoms with Crippen LogP contribution in [0.15, 0.2) is 22.5 Å². The molecule has 6 aliphatic carbocycles. The van der Waals surface area contributed by atoms with Crippen molar-refractivity contribution in [3.63, 3.8) is 0 Å². The number of piperidine rings is 1. The van der Waals surface area contributed by atoms with E-state index >= 15 is 0 Å². The monoisotopic (exact) mass is 936 g/mol. The summed E-state index contributed by atoms with van der Waals surface area (Å²) in [6, 6.07) is 0.988. The van der Waals surface area contributed by atoms with Gasteiger partial charge in [-0.3, -0.25) is 4.90 Å². The Morgan fingerprint density at radius 2 is 1.43 bits per heavy atom. The maximum atomic E-state index is 8.89. The molecule has 14 atom stereocenters. The van der Waals surface area contributed by atoms with E-state index in [4.69, 9.17) is 4.74 Å². The minimum absolute atomic E-state index is 0.0628. The summed E-state index contributed by atoms with van der Waals surface area (Å²) in [5.74, 6) is 6.75. The Morgan fingerprint density at radius 1 is 0.735 bits per heavy atom. The van der Waals surface area contributed by atoms with Crippen molar-refractivity contribution in [1.82, 2.24) is 14.7 Å². The van der Waals surface area contributed by atoms with E-state index in [0.717, 1.165) is 41.9 Å². The van der Waals surface area contributed by atoms with Crippen LogP contribution in [0.1, 0.15) is 258 Å². The Balaban J connectivity index is 1.27. The first-order valence-corrected chi connectivity index (χ1v) is 30.6. The lowest BCUT2D eigenvalue weighted by atomic mass is 9.43. The van der Waals surface area contributed by atoms with Crippen LogP contribution in [-0.4, -0.2) is 51.4 Å². The third-order valence-corrected chi connectivity index (χ3v) is 24.6. The quantitative estimate of drug-likeness (QED) is 0.253. The second-order valence-electron chi connectivity index (χ2n) is 30.2. The predicted molar refractivity (Wildman–Crippen MR) is 286 cm³/mol. The lowest BCUT2D eigenvalue weighted by Crippen LogP contribution is -2.78. The molecule has 3 saturated heterocycles. The van der Waals surface area contributed by atoms with Gasteiger partial charge in [-0.15, -0.1) is 0 Å². The molecular formula is C64H109N3O. The number of hydrogen-bond acceptors (Lipinski definition) is 4. The molecule has 0 amide bonds. The highest BCUT2D eigenvalue weighted by Crippen LogP contribution is 2.71. The number of fused-ring (bicyclic) bond motifs is 8. The van der Waals surface area contributed by atoms with Crippen LogP contribution in [0.4, 0.5) is 0 Å². The van der Waals surface area contributed by atoms with E-state index in [1.165, 1.54) is 154 Å². The van der Waals surface area contributed by atoms with Gasteiger partial charge >= 0.3 is 0 Å². The summed E-state index contributed by atoms with van der Waals surface area (Å²) in [6.07, 6.45) is 33.6. The van der Waals surface area contributed by atoms with E-state index in [1.54, 1.807) is 0 Å². The van der Waals surface area contributed by atoms with Gasteiger partial charge in [0.05, 0.1) is 12.1 Å². The van der Waals surface area contributed by atoms with Gasteiger partial charge in [0, 0.05) is 36.3 Å². The maximum Gasteiger partial charge on any atom is 0.202 e. The normalized spacial score (nSPS) is 44.0. The second-order valence-corrected chi connectivity index (χ2v) is 30.2. The van der Waals surface area contributed by atoms with Crippen molar-refractivity contribution < 1.29 is 4.74 Å². The summed E-state index contributed by atoms with van der Waals surface area (Å²) in [5, 5.41) is 0. The molecule has 7 fully saturated rings. The maximum absolute atomic E-state index is 8.89. The van der Waals surface area contributed by atoms with Crippen molar-refractivity contribution in [2.45, 2.75) is 288 Å². The van der Waals surface area contributed by atoms with Gasteiger partial charge in [0.25, 0.3) is 0 Å². The summed E-state index contributed by atoms with van der Waals surface area (Å²) in [7, 11) is 0. The Bertz CT molecular complexity index is 1880. The average molecular weight is 937 g/mol. The molecule has 0 aromatic heterocycles. The molecule has 0 radical (unpaired) electrons. The SMILES string of the molecule is CCC12OC3C(C(C)C(C)CC3(C)C(C)(C)C)C3N(C4=C(C5CCCCC5)CC(CC(C)C)CC4)C4CCCC(=C4N31)C1CC(C(C)(C)C)CC(CC)(C3CC(C4CCCCC4)CCN32)C1(C)C. The number of allylic oxidation sites excluding steroid dienone is 3. The molecule has 10 rings (SSSR count). The molecule has 0 aromatic rings. The number of nitrogens with zero attached hydrogens (tertiary/aromatic N) is 3. The molecular weight excluding hydrogens is 827 g/mol. The smallest absolute Gasteiger partial charge is 0.202 e. The van der Waals surface area contributed by atoms with Crippen molar-refractivity contribution in [3.8, 4) is 0 Å². The first-order chi connectivity index (χ1) is 32.1. The molecule has 4 nitrogen and oxygen atoms in total. The van der Waals surface area contributed by atoms with E-state index in [-0.39, 0.29) is 33.2 Å². The zero-order valence-electron chi connectivity index (χ0n) is 47.5. The first-order valence-electron chi connectivity index (χ1n) is 30.6. The lowest BCUT2D eigenvalue weighted by molar-refractivity contribution is -0.377. The van der Waals surface area contributed by atoms with Crippen LogP contribution in [-0.2, 0) is 4.74 Å². The van der Waals surface area contributed by atoms with Crippen molar-refractivity contribution in [2.24, 2.45) is 86.3 Å². The minimum atomic E-state index is -0.459. The average Bonchev–Trinajstić information content (AvgIpc) is 3.65. The Labute approximate surface area is 421 Å². The fraction of sp³-hybridized carbons (Fsp3) is 0.938. The third-order valence-electron chi connectivity index (χ3n) is 24.6. The summed E-state index contributed by atoms with van der Waals surface area (Å²) in [6.45, 7) is 41.1. The summed E-state index contributed by atoms with van der Waals surface area (Å²) < 4.78 is 8.89. The number of rotatable bonds is 7. The molecule has 4 saturated carbocycles. The van der Waals surface area contributed by atoms with Crippen LogP contribution >= 0.6 is 0 Å². The molecule has 0 spiro atoms. The van der Waals surface area contributed by atoms with Crippen LogP contribution in [0, 0.1) is 86.3 Å². The largest absolute Gasteiger partial charge is 0.346 e. The highest BCUT2D eigenvalue weighted by molar-refractivity contribution is 5.39. The van der Waals surface area contributed by atoms with Crippen LogP contribution in [0.3, 0.4) is 0 Å². The predicted octanol–water partition coefficient (Wildman–Crippen LogP) is 17.4. The standard InChI is InChI=1S/C64H109N3O/c1-16-63-40-48(59(7,8)9)38-51(61(63,13)14)49-29-24-30-53-56(49)67-58(66(53)52-32-31-44(35-41(3)4)36-50(52)46-27-22-19-23-28-46)55-43(6)42(5)39-62(15,60(10,11)12)57(55)68-64(67,17-2)65-34-33-47(37-54(63)65)45-25-20-18-21-26-45/h41-48,51,53-55,57-58H,16-40H2,1-15H3. The van der Waals surface area contributed by atoms with Crippen LogP contribution in [0.25, 0.3) is 0 Å². The number of hydrogen-bond donors (Lipinski definition) is 0. The molecule has 4 heterocycles. The van der Waals surface area contributed by atoms with Crippen molar-refractivity contribution in [3.05, 3.63) is 22.5 Å². The third kappa shape index (κ3) is 7.70.